The number of aromatic nitrogens is 5. The lowest BCUT2D eigenvalue weighted by atomic mass is 10.3. The van der Waals surface area contributed by atoms with Gasteiger partial charge in [-0.3, -0.25) is 9.55 Å². The monoisotopic (exact) mass is 359 g/mol. The molecule has 8 nitrogen and oxygen atoms in total. The lowest BCUT2D eigenvalue weighted by Gasteiger charge is -2.09. The minimum Gasteiger partial charge on any atom is -0.326 e. The van der Waals surface area contributed by atoms with Gasteiger partial charge in [-0.2, -0.15) is 9.83 Å². The van der Waals surface area contributed by atoms with Crippen LogP contribution in [0.25, 0.3) is 22.1 Å². The van der Waals surface area contributed by atoms with Crippen LogP contribution in [0.15, 0.2) is 47.5 Å². The lowest BCUT2D eigenvalue weighted by molar-refractivity contribution is 0.612. The molecular weight excluding hydrogens is 342 g/mol. The smallest absolute Gasteiger partial charge is 0.326 e. The van der Waals surface area contributed by atoms with E-state index in [0.717, 1.165) is 27.8 Å². The van der Waals surface area contributed by atoms with Gasteiger partial charge in [0.2, 0.25) is 0 Å². The van der Waals surface area contributed by atoms with E-state index >= 15 is 0 Å². The molecule has 3 heterocycles. The molecule has 8 heteroatoms. The molecular formula is C19H17N7O. The molecule has 0 aliphatic rings. The third-order valence-corrected chi connectivity index (χ3v) is 4.59. The summed E-state index contributed by atoms with van der Waals surface area (Å²) >= 11 is 0. The molecule has 4 aromatic rings. The van der Waals surface area contributed by atoms with Gasteiger partial charge in [-0.15, -0.1) is 0 Å². The predicted octanol–water partition coefficient (Wildman–Crippen LogP) is 2.35. The molecule has 0 spiro atoms. The summed E-state index contributed by atoms with van der Waals surface area (Å²) in [6, 6.07) is 9.56. The first-order valence-corrected chi connectivity index (χ1v) is 8.63. The highest BCUT2D eigenvalue weighted by atomic mass is 16.1. The molecule has 0 fully saturated rings. The molecule has 0 aliphatic carbocycles. The van der Waals surface area contributed by atoms with Crippen molar-refractivity contribution in [1.29, 1.82) is 10.7 Å². The fraction of sp³-hybridized carbons (Fsp3) is 0.211. The average Bonchev–Trinajstić information content (AvgIpc) is 3.17. The third-order valence-electron chi connectivity index (χ3n) is 4.59. The van der Waals surface area contributed by atoms with Crippen LogP contribution < -0.4 is 5.69 Å². The Hall–Kier alpha value is -3.73. The molecule has 0 saturated heterocycles. The molecule has 0 radical (unpaired) electrons. The Morgan fingerprint density at radius 2 is 2.00 bits per heavy atom. The molecule has 27 heavy (non-hydrogen) atoms. The number of aryl methyl sites for hydroxylation is 1. The molecule has 1 aromatic carbocycles. The number of nitriles is 1. The second-order valence-corrected chi connectivity index (χ2v) is 6.18. The number of nitrogens with zero attached hydrogens (tertiary/aromatic N) is 6. The Labute approximate surface area is 154 Å². The van der Waals surface area contributed by atoms with Crippen LogP contribution in [0, 0.1) is 16.9 Å². The molecule has 134 valence electrons. The Kier molecular flexibility index (Phi) is 4.26. The summed E-state index contributed by atoms with van der Waals surface area (Å²) in [6.45, 7) is 0.964. The van der Waals surface area contributed by atoms with E-state index in [1.807, 2.05) is 30.5 Å². The largest absolute Gasteiger partial charge is 0.343 e. The Bertz CT molecular complexity index is 1240. The van der Waals surface area contributed by atoms with Crippen molar-refractivity contribution in [2.45, 2.75) is 25.9 Å². The predicted molar refractivity (Wildman–Crippen MR) is 102 cm³/mol. The number of benzene rings is 1. The van der Waals surface area contributed by atoms with Crippen molar-refractivity contribution in [1.82, 2.24) is 23.7 Å². The van der Waals surface area contributed by atoms with E-state index in [1.54, 1.807) is 16.8 Å². The summed E-state index contributed by atoms with van der Waals surface area (Å²) < 4.78 is 4.68. The van der Waals surface area contributed by atoms with Gasteiger partial charge in [0.05, 0.1) is 29.3 Å². The Morgan fingerprint density at radius 1 is 1.15 bits per heavy atom. The first-order chi connectivity index (χ1) is 13.2. The molecule has 0 saturated carbocycles. The standard InChI is InChI=1S/C19H17N7O/c20-8-3-4-10-24-15-6-2-1-5-14(15)23-18(24)12-25-16-7-9-22-11-17(16)26(13-21)19(25)27/h1-2,5-9,11,20H,3-4,10,12H2. The van der Waals surface area contributed by atoms with Gasteiger partial charge in [-0.25, -0.2) is 9.78 Å². The Morgan fingerprint density at radius 3 is 2.81 bits per heavy atom. The molecule has 0 atom stereocenters. The highest BCUT2D eigenvalue weighted by Crippen LogP contribution is 2.19. The van der Waals surface area contributed by atoms with Crippen LogP contribution in [0.4, 0.5) is 0 Å². The van der Waals surface area contributed by atoms with E-state index in [9.17, 15) is 10.1 Å². The quantitative estimate of drug-likeness (QED) is 0.421. The normalized spacial score (nSPS) is 11.1. The van der Waals surface area contributed by atoms with Crippen LogP contribution in [0.5, 0.6) is 0 Å². The number of nitrogens with one attached hydrogen (secondary N) is 1. The SMILES string of the molecule is N#Cn1c(=O)n(Cc2nc3ccccc3n2CCCC=N)c2ccncc21. The first kappa shape index (κ1) is 16.7. The summed E-state index contributed by atoms with van der Waals surface area (Å²) in [7, 11) is 0. The van der Waals surface area contributed by atoms with Crippen molar-refractivity contribution in [3.05, 3.63) is 59.0 Å². The number of hydrogen-bond acceptors (Lipinski definition) is 5. The van der Waals surface area contributed by atoms with Crippen molar-refractivity contribution in [3.63, 3.8) is 0 Å². The van der Waals surface area contributed by atoms with E-state index in [4.69, 9.17) is 10.4 Å². The topological polar surface area (TPSA) is 105 Å². The number of imidazole rings is 2. The average molecular weight is 359 g/mol. The third kappa shape index (κ3) is 2.79. The van der Waals surface area contributed by atoms with Crippen LogP contribution in [0.3, 0.4) is 0 Å². The number of hydrogen-bond donors (Lipinski definition) is 1. The zero-order valence-electron chi connectivity index (χ0n) is 14.5. The molecule has 3 aromatic heterocycles. The maximum Gasteiger partial charge on any atom is 0.343 e. The zero-order valence-corrected chi connectivity index (χ0v) is 14.5. The van der Waals surface area contributed by atoms with Gasteiger partial charge in [0.15, 0.2) is 6.19 Å². The van der Waals surface area contributed by atoms with Crippen molar-refractivity contribution in [3.8, 4) is 6.19 Å². The summed E-state index contributed by atoms with van der Waals surface area (Å²) in [5.41, 5.74) is 2.59. The first-order valence-electron chi connectivity index (χ1n) is 8.63. The van der Waals surface area contributed by atoms with Gasteiger partial charge in [-0.1, -0.05) is 12.1 Å². The van der Waals surface area contributed by atoms with Gasteiger partial charge < -0.3 is 9.98 Å². The summed E-state index contributed by atoms with van der Waals surface area (Å²) in [4.78, 5) is 21.4. The Balaban J connectivity index is 1.85. The lowest BCUT2D eigenvalue weighted by Crippen LogP contribution is -2.24. The molecule has 1 N–H and O–H groups in total. The number of unbranched alkanes of at least 4 members (excludes halogenated alkanes) is 1. The number of pyridine rings is 1. The fourth-order valence-electron chi connectivity index (χ4n) is 3.34. The second-order valence-electron chi connectivity index (χ2n) is 6.18. The number of para-hydroxylation sites is 2. The van der Waals surface area contributed by atoms with Gasteiger partial charge >= 0.3 is 5.69 Å². The van der Waals surface area contributed by atoms with Crippen LogP contribution >= 0.6 is 0 Å². The summed E-state index contributed by atoms with van der Waals surface area (Å²) in [5, 5.41) is 16.6. The second kappa shape index (κ2) is 6.88. The van der Waals surface area contributed by atoms with Gasteiger partial charge in [-0.05, 0) is 37.3 Å². The highest BCUT2D eigenvalue weighted by molar-refractivity contribution is 5.77. The van der Waals surface area contributed by atoms with E-state index < -0.39 is 5.69 Å². The zero-order chi connectivity index (χ0) is 18.8. The maximum atomic E-state index is 12.7. The molecule has 0 amide bonds. The van der Waals surface area contributed by atoms with Crippen LogP contribution in [0.1, 0.15) is 18.7 Å². The molecule has 0 bridgehead atoms. The van der Waals surface area contributed by atoms with Crippen LogP contribution in [-0.4, -0.2) is 29.9 Å². The van der Waals surface area contributed by atoms with Crippen LogP contribution in [0.2, 0.25) is 0 Å². The maximum absolute atomic E-state index is 12.7. The number of fused-ring (bicyclic) bond motifs is 2. The number of rotatable bonds is 6. The molecule has 0 aliphatic heterocycles. The van der Waals surface area contributed by atoms with Gasteiger partial charge in [0.25, 0.3) is 0 Å². The van der Waals surface area contributed by atoms with Crippen LogP contribution in [-0.2, 0) is 13.1 Å². The molecule has 0 unspecified atom stereocenters. The van der Waals surface area contributed by atoms with Crippen molar-refractivity contribution >= 4 is 28.3 Å². The summed E-state index contributed by atoms with van der Waals surface area (Å²) in [5.74, 6) is 0.747. The van der Waals surface area contributed by atoms with E-state index in [0.29, 0.717) is 24.0 Å². The van der Waals surface area contributed by atoms with E-state index in [1.165, 1.54) is 12.4 Å². The highest BCUT2D eigenvalue weighted by Gasteiger charge is 2.17. The fourth-order valence-corrected chi connectivity index (χ4v) is 3.34. The van der Waals surface area contributed by atoms with Crippen molar-refractivity contribution in [2.24, 2.45) is 0 Å². The minimum atomic E-state index is -0.404. The summed E-state index contributed by atoms with van der Waals surface area (Å²) in [6.07, 6.45) is 7.94. The minimum absolute atomic E-state index is 0.257. The van der Waals surface area contributed by atoms with Gasteiger partial charge in [0, 0.05) is 12.7 Å². The van der Waals surface area contributed by atoms with Crippen molar-refractivity contribution in [2.75, 3.05) is 0 Å². The molecule has 4 rings (SSSR count). The van der Waals surface area contributed by atoms with E-state index in [-0.39, 0.29) is 6.54 Å². The van der Waals surface area contributed by atoms with E-state index in [2.05, 4.69) is 9.55 Å². The van der Waals surface area contributed by atoms with Gasteiger partial charge in [0.1, 0.15) is 11.3 Å². The van der Waals surface area contributed by atoms with Crippen molar-refractivity contribution < 1.29 is 0 Å².